The molecule has 142 valence electrons. The summed E-state index contributed by atoms with van der Waals surface area (Å²) in [7, 11) is 0. The summed E-state index contributed by atoms with van der Waals surface area (Å²) in [5, 5.41) is 10.9. The summed E-state index contributed by atoms with van der Waals surface area (Å²) in [5.41, 5.74) is 0.587. The maximum absolute atomic E-state index is 12.3. The average molecular weight is 435 g/mol. The Balaban J connectivity index is 1.52. The van der Waals surface area contributed by atoms with Gasteiger partial charge in [-0.1, -0.05) is 15.9 Å². The van der Waals surface area contributed by atoms with Crippen molar-refractivity contribution < 1.29 is 14.5 Å². The molecule has 9 heteroatoms. The number of hydrogen-bond donors (Lipinski definition) is 0. The first kappa shape index (κ1) is 19.1. The molecule has 0 radical (unpaired) electrons. The van der Waals surface area contributed by atoms with Crippen molar-refractivity contribution in [3.8, 4) is 5.75 Å². The Morgan fingerprint density at radius 3 is 2.52 bits per heavy atom. The molecule has 1 aliphatic heterocycles. The fourth-order valence-corrected chi connectivity index (χ4v) is 3.11. The predicted molar refractivity (Wildman–Crippen MR) is 104 cm³/mol. The molecule has 0 aliphatic carbocycles. The zero-order chi connectivity index (χ0) is 19.4. The van der Waals surface area contributed by atoms with Gasteiger partial charge in [-0.05, 0) is 37.3 Å². The quantitative estimate of drug-likeness (QED) is 0.530. The second-order valence-electron chi connectivity index (χ2n) is 6.20. The fraction of sp³-hybridized carbons (Fsp3) is 0.333. The molecule has 2 aromatic rings. The van der Waals surface area contributed by atoms with E-state index in [9.17, 15) is 14.9 Å². The number of nitro groups is 1. The van der Waals surface area contributed by atoms with Crippen LogP contribution in [-0.2, 0) is 4.79 Å². The highest BCUT2D eigenvalue weighted by atomic mass is 79.9. The fourth-order valence-electron chi connectivity index (χ4n) is 2.85. The third kappa shape index (κ3) is 4.73. The lowest BCUT2D eigenvalue weighted by Crippen LogP contribution is -2.50. The molecule has 1 fully saturated rings. The average Bonchev–Trinajstić information content (AvgIpc) is 2.67. The van der Waals surface area contributed by atoms with Gasteiger partial charge < -0.3 is 14.5 Å². The predicted octanol–water partition coefficient (Wildman–Crippen LogP) is 2.79. The Bertz CT molecular complexity index is 836. The van der Waals surface area contributed by atoms with E-state index in [1.807, 2.05) is 17.0 Å². The summed E-state index contributed by atoms with van der Waals surface area (Å²) in [6, 6.07) is 9.04. The minimum Gasteiger partial charge on any atom is -0.484 e. The molecule has 0 N–H and O–H groups in total. The first-order valence-electron chi connectivity index (χ1n) is 8.46. The van der Waals surface area contributed by atoms with Gasteiger partial charge in [0.05, 0.1) is 4.92 Å². The third-order valence-corrected chi connectivity index (χ3v) is 4.93. The summed E-state index contributed by atoms with van der Waals surface area (Å²) in [6.45, 7) is 4.04. The number of nitrogens with zero attached hydrogens (tertiary/aromatic N) is 4. The molecule has 1 aromatic carbocycles. The highest BCUT2D eigenvalue weighted by Gasteiger charge is 2.23. The van der Waals surface area contributed by atoms with E-state index in [1.54, 1.807) is 30.0 Å². The molecule has 0 atom stereocenters. The highest BCUT2D eigenvalue weighted by molar-refractivity contribution is 9.10. The number of carbonyl (C=O) groups excluding carboxylic acids is 1. The van der Waals surface area contributed by atoms with Crippen molar-refractivity contribution in [1.29, 1.82) is 0 Å². The molecule has 8 nitrogen and oxygen atoms in total. The van der Waals surface area contributed by atoms with Crippen LogP contribution in [-0.4, -0.2) is 53.5 Å². The highest BCUT2D eigenvalue weighted by Crippen LogP contribution is 2.22. The summed E-state index contributed by atoms with van der Waals surface area (Å²) >= 11 is 3.35. The monoisotopic (exact) mass is 434 g/mol. The third-order valence-electron chi connectivity index (χ3n) is 4.40. The Kier molecular flexibility index (Phi) is 5.90. The molecule has 0 spiro atoms. The number of aryl methyl sites for hydroxylation is 1. The van der Waals surface area contributed by atoms with Crippen molar-refractivity contribution in [3.63, 3.8) is 0 Å². The molecule has 1 saturated heterocycles. The number of rotatable bonds is 5. The molecule has 27 heavy (non-hydrogen) atoms. The van der Waals surface area contributed by atoms with Gasteiger partial charge in [-0.15, -0.1) is 0 Å². The maximum atomic E-state index is 12.3. The standard InChI is InChI=1S/C18H19BrN4O4/c1-13-10-17(20-11-16(13)23(25)26)21-6-8-22(9-7-21)18(24)12-27-15-4-2-14(19)3-5-15/h2-5,10-11H,6-9,12H2,1H3. The number of ether oxygens (including phenoxy) is 1. The van der Waals surface area contributed by atoms with E-state index in [2.05, 4.69) is 20.9 Å². The number of anilines is 1. The topological polar surface area (TPSA) is 88.8 Å². The van der Waals surface area contributed by atoms with Crippen LogP contribution in [0.1, 0.15) is 5.56 Å². The van der Waals surface area contributed by atoms with Crippen LogP contribution in [0.4, 0.5) is 11.5 Å². The van der Waals surface area contributed by atoms with Gasteiger partial charge in [0.25, 0.3) is 11.6 Å². The summed E-state index contributed by atoms with van der Waals surface area (Å²) < 4.78 is 6.49. The molecule has 3 rings (SSSR count). The van der Waals surface area contributed by atoms with Crippen molar-refractivity contribution >= 4 is 33.3 Å². The lowest BCUT2D eigenvalue weighted by atomic mass is 10.2. The molecule has 1 aromatic heterocycles. The number of pyridine rings is 1. The van der Waals surface area contributed by atoms with Gasteiger partial charge in [0.15, 0.2) is 6.61 Å². The Morgan fingerprint density at radius 2 is 1.93 bits per heavy atom. The van der Waals surface area contributed by atoms with Gasteiger partial charge in [-0.25, -0.2) is 4.98 Å². The van der Waals surface area contributed by atoms with Gasteiger partial charge in [0.2, 0.25) is 0 Å². The van der Waals surface area contributed by atoms with Crippen LogP contribution >= 0.6 is 15.9 Å². The molecule has 2 heterocycles. The molecule has 0 saturated carbocycles. The Labute approximate surface area is 165 Å². The van der Waals surface area contributed by atoms with Gasteiger partial charge in [-0.2, -0.15) is 0 Å². The number of piperazine rings is 1. The molecule has 0 unspecified atom stereocenters. The number of hydrogen-bond acceptors (Lipinski definition) is 6. The molecular weight excluding hydrogens is 416 g/mol. The van der Waals surface area contributed by atoms with Crippen LogP contribution in [0, 0.1) is 17.0 Å². The van der Waals surface area contributed by atoms with Crippen LogP contribution in [0.25, 0.3) is 0 Å². The van der Waals surface area contributed by atoms with Gasteiger partial charge >= 0.3 is 0 Å². The Hall–Kier alpha value is -2.68. The van der Waals surface area contributed by atoms with Crippen LogP contribution in [0.2, 0.25) is 0 Å². The number of carbonyl (C=O) groups is 1. The van der Waals surface area contributed by atoms with E-state index in [4.69, 9.17) is 4.74 Å². The van der Waals surface area contributed by atoms with Crippen molar-refractivity contribution in [2.45, 2.75) is 6.92 Å². The maximum Gasteiger partial charge on any atom is 0.290 e. The van der Waals surface area contributed by atoms with E-state index in [-0.39, 0.29) is 18.2 Å². The smallest absolute Gasteiger partial charge is 0.290 e. The normalized spacial score (nSPS) is 14.1. The zero-order valence-electron chi connectivity index (χ0n) is 14.8. The van der Waals surface area contributed by atoms with Gasteiger partial charge in [-0.3, -0.25) is 14.9 Å². The largest absolute Gasteiger partial charge is 0.484 e. The van der Waals surface area contributed by atoms with E-state index < -0.39 is 4.92 Å². The van der Waals surface area contributed by atoms with Crippen LogP contribution in [0.3, 0.4) is 0 Å². The van der Waals surface area contributed by atoms with Crippen molar-refractivity contribution in [2.75, 3.05) is 37.7 Å². The second kappa shape index (κ2) is 8.34. The zero-order valence-corrected chi connectivity index (χ0v) is 16.4. The Morgan fingerprint density at radius 1 is 1.26 bits per heavy atom. The van der Waals surface area contributed by atoms with Crippen LogP contribution in [0.5, 0.6) is 5.75 Å². The van der Waals surface area contributed by atoms with E-state index in [1.165, 1.54) is 6.20 Å². The summed E-state index contributed by atoms with van der Waals surface area (Å²) in [5.74, 6) is 1.28. The minimum absolute atomic E-state index is 0.00345. The van der Waals surface area contributed by atoms with E-state index in [0.717, 1.165) is 4.47 Å². The lowest BCUT2D eigenvalue weighted by Gasteiger charge is -2.35. The van der Waals surface area contributed by atoms with Gasteiger partial charge in [0, 0.05) is 36.2 Å². The van der Waals surface area contributed by atoms with Crippen molar-refractivity contribution in [1.82, 2.24) is 9.88 Å². The molecular formula is C18H19BrN4O4. The number of benzene rings is 1. The van der Waals surface area contributed by atoms with Crippen LogP contribution < -0.4 is 9.64 Å². The first-order valence-corrected chi connectivity index (χ1v) is 9.25. The number of amides is 1. The second-order valence-corrected chi connectivity index (χ2v) is 7.11. The van der Waals surface area contributed by atoms with Gasteiger partial charge in [0.1, 0.15) is 17.8 Å². The summed E-state index contributed by atoms with van der Waals surface area (Å²) in [6.07, 6.45) is 1.29. The van der Waals surface area contributed by atoms with Crippen molar-refractivity contribution in [3.05, 3.63) is 56.7 Å². The first-order chi connectivity index (χ1) is 12.9. The SMILES string of the molecule is Cc1cc(N2CCN(C(=O)COc3ccc(Br)cc3)CC2)ncc1[N+](=O)[O-]. The number of halogens is 1. The molecule has 1 aliphatic rings. The molecule has 0 bridgehead atoms. The van der Waals surface area contributed by atoms with Crippen molar-refractivity contribution in [2.24, 2.45) is 0 Å². The van der Waals surface area contributed by atoms with E-state index >= 15 is 0 Å². The lowest BCUT2D eigenvalue weighted by molar-refractivity contribution is -0.385. The van der Waals surface area contributed by atoms with Crippen LogP contribution in [0.15, 0.2) is 41.0 Å². The molecule has 1 amide bonds. The number of aromatic nitrogens is 1. The summed E-state index contributed by atoms with van der Waals surface area (Å²) in [4.78, 5) is 30.8. The van der Waals surface area contributed by atoms with E-state index in [0.29, 0.717) is 43.3 Å². The minimum atomic E-state index is -0.436.